The van der Waals surface area contributed by atoms with Crippen molar-refractivity contribution in [3.63, 3.8) is 0 Å². The Kier molecular flexibility index (Phi) is 7.23. The molecule has 8 heteroatoms. The third-order valence-corrected chi connectivity index (χ3v) is 7.20. The van der Waals surface area contributed by atoms with Gasteiger partial charge in [0.1, 0.15) is 5.82 Å². The number of ether oxygens (including phenoxy) is 2. The van der Waals surface area contributed by atoms with E-state index in [4.69, 9.17) is 9.47 Å². The molecule has 6 nitrogen and oxygen atoms in total. The molecule has 1 fully saturated rings. The summed E-state index contributed by atoms with van der Waals surface area (Å²) in [6.07, 6.45) is 1.35. The second kappa shape index (κ2) is 9.68. The standard InChI is InChI=1S/C22H26FNO5S/c1-28-13-14-30(26,27)20-7-5-17(6-8-20)21(25)24-16-22(9-11-29-12-10-22)18-3-2-4-19(23)15-18/h2-8,15H,9-14,16H2,1H3,(H,24,25). The Hall–Kier alpha value is -2.29. The summed E-state index contributed by atoms with van der Waals surface area (Å²) < 4.78 is 48.5. The van der Waals surface area contributed by atoms with Crippen LogP contribution in [0.4, 0.5) is 4.39 Å². The number of amides is 1. The van der Waals surface area contributed by atoms with E-state index in [0.29, 0.717) is 38.2 Å². The van der Waals surface area contributed by atoms with E-state index >= 15 is 0 Å². The van der Waals surface area contributed by atoms with Crippen LogP contribution >= 0.6 is 0 Å². The van der Waals surface area contributed by atoms with E-state index in [1.807, 2.05) is 6.07 Å². The fourth-order valence-corrected chi connectivity index (χ4v) is 4.80. The first-order valence-corrected chi connectivity index (χ1v) is 11.5. The molecule has 30 heavy (non-hydrogen) atoms. The molecule has 1 aliphatic rings. The molecule has 0 saturated carbocycles. The van der Waals surface area contributed by atoms with Gasteiger partial charge in [0.25, 0.3) is 5.91 Å². The lowest BCUT2D eigenvalue weighted by Crippen LogP contribution is -2.44. The third-order valence-electron chi connectivity index (χ3n) is 5.51. The normalized spacial score (nSPS) is 16.2. The second-order valence-electron chi connectivity index (χ2n) is 7.42. The van der Waals surface area contributed by atoms with Crippen LogP contribution in [0.2, 0.25) is 0 Å². The molecule has 3 rings (SSSR count). The maximum atomic E-state index is 13.8. The van der Waals surface area contributed by atoms with Gasteiger partial charge in [-0.05, 0) is 54.8 Å². The minimum atomic E-state index is -3.45. The van der Waals surface area contributed by atoms with Crippen molar-refractivity contribution in [3.05, 3.63) is 65.5 Å². The van der Waals surface area contributed by atoms with Crippen molar-refractivity contribution in [2.75, 3.05) is 39.2 Å². The summed E-state index contributed by atoms with van der Waals surface area (Å²) in [5.41, 5.74) is 0.798. The van der Waals surface area contributed by atoms with Crippen LogP contribution in [0.5, 0.6) is 0 Å². The monoisotopic (exact) mass is 435 g/mol. The smallest absolute Gasteiger partial charge is 0.251 e. The number of benzene rings is 2. The van der Waals surface area contributed by atoms with Gasteiger partial charge in [-0.3, -0.25) is 4.79 Å². The summed E-state index contributed by atoms with van der Waals surface area (Å²) >= 11 is 0. The highest BCUT2D eigenvalue weighted by Gasteiger charge is 2.35. The molecule has 0 atom stereocenters. The van der Waals surface area contributed by atoms with Gasteiger partial charge in [0, 0.05) is 37.8 Å². The molecule has 0 bridgehead atoms. The van der Waals surface area contributed by atoms with Crippen LogP contribution in [0.15, 0.2) is 53.4 Å². The van der Waals surface area contributed by atoms with E-state index in [-0.39, 0.29) is 29.0 Å². The van der Waals surface area contributed by atoms with E-state index in [1.54, 1.807) is 6.07 Å². The molecule has 0 radical (unpaired) electrons. The number of rotatable bonds is 8. The fourth-order valence-electron chi connectivity index (χ4n) is 3.62. The minimum absolute atomic E-state index is 0.108. The van der Waals surface area contributed by atoms with Gasteiger partial charge in [-0.15, -0.1) is 0 Å². The van der Waals surface area contributed by atoms with Gasteiger partial charge in [-0.25, -0.2) is 12.8 Å². The van der Waals surface area contributed by atoms with E-state index in [9.17, 15) is 17.6 Å². The molecule has 162 valence electrons. The summed E-state index contributed by atoms with van der Waals surface area (Å²) in [7, 11) is -2.01. The maximum absolute atomic E-state index is 13.8. The van der Waals surface area contributed by atoms with Gasteiger partial charge in [0.2, 0.25) is 0 Å². The molecule has 0 unspecified atom stereocenters. The van der Waals surface area contributed by atoms with Crippen LogP contribution in [0.25, 0.3) is 0 Å². The van der Waals surface area contributed by atoms with E-state index < -0.39 is 15.3 Å². The number of halogens is 1. The van der Waals surface area contributed by atoms with Crippen LogP contribution in [-0.2, 0) is 24.7 Å². The van der Waals surface area contributed by atoms with Crippen molar-refractivity contribution in [2.45, 2.75) is 23.2 Å². The zero-order valence-electron chi connectivity index (χ0n) is 16.9. The summed E-state index contributed by atoms with van der Waals surface area (Å²) in [6, 6.07) is 12.3. The number of hydrogen-bond donors (Lipinski definition) is 1. The first-order valence-electron chi connectivity index (χ1n) is 9.80. The third kappa shape index (κ3) is 5.24. The number of hydrogen-bond acceptors (Lipinski definition) is 5. The molecular weight excluding hydrogens is 409 g/mol. The van der Waals surface area contributed by atoms with Crippen LogP contribution in [0.3, 0.4) is 0 Å². The Morgan fingerprint density at radius 1 is 1.17 bits per heavy atom. The molecule has 1 saturated heterocycles. The number of sulfone groups is 1. The van der Waals surface area contributed by atoms with Crippen molar-refractivity contribution in [1.29, 1.82) is 0 Å². The number of nitrogens with one attached hydrogen (secondary N) is 1. The van der Waals surface area contributed by atoms with E-state index in [2.05, 4.69) is 5.32 Å². The average molecular weight is 436 g/mol. The molecule has 2 aromatic rings. The van der Waals surface area contributed by atoms with Crippen molar-refractivity contribution >= 4 is 15.7 Å². The number of carbonyl (C=O) groups is 1. The lowest BCUT2D eigenvalue weighted by Gasteiger charge is -2.38. The molecule has 1 aliphatic heterocycles. The lowest BCUT2D eigenvalue weighted by atomic mass is 9.74. The Morgan fingerprint density at radius 2 is 1.87 bits per heavy atom. The molecule has 0 aliphatic carbocycles. The van der Waals surface area contributed by atoms with Gasteiger partial charge in [0.15, 0.2) is 9.84 Å². The van der Waals surface area contributed by atoms with Crippen molar-refractivity contribution in [2.24, 2.45) is 0 Å². The van der Waals surface area contributed by atoms with Gasteiger partial charge in [0.05, 0.1) is 17.3 Å². The Morgan fingerprint density at radius 3 is 2.50 bits per heavy atom. The highest BCUT2D eigenvalue weighted by Crippen LogP contribution is 2.34. The average Bonchev–Trinajstić information content (AvgIpc) is 2.77. The van der Waals surface area contributed by atoms with E-state index in [0.717, 1.165) is 5.56 Å². The molecule has 0 aromatic heterocycles. The molecule has 1 N–H and O–H groups in total. The summed E-state index contributed by atoms with van der Waals surface area (Å²) in [5.74, 6) is -0.735. The molecule has 1 amide bonds. The van der Waals surface area contributed by atoms with Crippen LogP contribution in [0.1, 0.15) is 28.8 Å². The zero-order chi connectivity index (χ0) is 21.6. The van der Waals surface area contributed by atoms with Crippen molar-refractivity contribution < 1.29 is 27.1 Å². The Labute approximate surface area is 176 Å². The largest absolute Gasteiger partial charge is 0.384 e. The van der Waals surface area contributed by atoms with Gasteiger partial charge in [-0.1, -0.05) is 12.1 Å². The van der Waals surface area contributed by atoms with Crippen LogP contribution in [-0.4, -0.2) is 53.6 Å². The molecular formula is C22H26FNO5S. The van der Waals surface area contributed by atoms with Crippen molar-refractivity contribution in [3.8, 4) is 0 Å². The number of methoxy groups -OCH3 is 1. The predicted molar refractivity (Wildman–Crippen MR) is 111 cm³/mol. The lowest BCUT2D eigenvalue weighted by molar-refractivity contribution is 0.0486. The van der Waals surface area contributed by atoms with E-state index in [1.165, 1.54) is 43.5 Å². The minimum Gasteiger partial charge on any atom is -0.384 e. The number of carbonyl (C=O) groups excluding carboxylic acids is 1. The van der Waals surface area contributed by atoms with Crippen molar-refractivity contribution in [1.82, 2.24) is 5.32 Å². The van der Waals surface area contributed by atoms with Gasteiger partial charge in [-0.2, -0.15) is 0 Å². The van der Waals surface area contributed by atoms with Crippen LogP contribution < -0.4 is 5.32 Å². The summed E-state index contributed by atoms with van der Waals surface area (Å²) in [6.45, 7) is 1.53. The Bertz CT molecular complexity index is 969. The van der Waals surface area contributed by atoms with Crippen LogP contribution in [0, 0.1) is 5.82 Å². The first-order chi connectivity index (χ1) is 14.4. The predicted octanol–water partition coefficient (Wildman–Crippen LogP) is 2.72. The van der Waals surface area contributed by atoms with Gasteiger partial charge < -0.3 is 14.8 Å². The highest BCUT2D eigenvalue weighted by molar-refractivity contribution is 7.91. The summed E-state index contributed by atoms with van der Waals surface area (Å²) in [4.78, 5) is 12.8. The maximum Gasteiger partial charge on any atom is 0.251 e. The SMILES string of the molecule is COCCS(=O)(=O)c1ccc(C(=O)NCC2(c3cccc(F)c3)CCOCC2)cc1. The summed E-state index contributed by atoms with van der Waals surface area (Å²) in [5, 5.41) is 2.93. The molecule has 0 spiro atoms. The van der Waals surface area contributed by atoms with Gasteiger partial charge >= 0.3 is 0 Å². The molecule has 1 heterocycles. The highest BCUT2D eigenvalue weighted by atomic mass is 32.2. The zero-order valence-corrected chi connectivity index (χ0v) is 17.7. The second-order valence-corrected chi connectivity index (χ2v) is 9.53. The Balaban J connectivity index is 1.71. The topological polar surface area (TPSA) is 81.7 Å². The molecule has 2 aromatic carbocycles. The first kappa shape index (κ1) is 22.4. The fraction of sp³-hybridized carbons (Fsp3) is 0.409. The quantitative estimate of drug-likeness (QED) is 0.690.